The summed E-state index contributed by atoms with van der Waals surface area (Å²) in [6.45, 7) is 5.45. The highest BCUT2D eigenvalue weighted by Gasteiger charge is 2.30. The Bertz CT molecular complexity index is 1050. The molecule has 0 spiro atoms. The zero-order valence-corrected chi connectivity index (χ0v) is 16.1. The average Bonchev–Trinajstić information content (AvgIpc) is 3.14. The fourth-order valence-corrected chi connectivity index (χ4v) is 3.67. The van der Waals surface area contributed by atoms with E-state index in [1.165, 1.54) is 6.07 Å². The third-order valence-corrected chi connectivity index (χ3v) is 5.26. The molecule has 0 aliphatic carbocycles. The number of aryl methyl sites for hydroxylation is 1. The third-order valence-electron chi connectivity index (χ3n) is 5.26. The zero-order valence-electron chi connectivity index (χ0n) is 16.1. The van der Waals surface area contributed by atoms with E-state index in [-0.39, 0.29) is 23.9 Å². The Morgan fingerprint density at radius 1 is 1.11 bits per heavy atom. The minimum atomic E-state index is -0.153. The number of fused-ring (bicyclic) bond motifs is 1. The molecule has 7 nitrogen and oxygen atoms in total. The highest BCUT2D eigenvalue weighted by molar-refractivity contribution is 5.76. The molecule has 1 amide bonds. The maximum absolute atomic E-state index is 12.8. The molecule has 1 aromatic carbocycles. The molecule has 0 saturated heterocycles. The maximum Gasteiger partial charge on any atom is 0.250 e. The molecule has 3 heterocycles. The topological polar surface area (TPSA) is 73.0 Å². The number of hydrogen-bond acceptors (Lipinski definition) is 4. The van der Waals surface area contributed by atoms with Crippen LogP contribution in [0.1, 0.15) is 30.9 Å². The van der Waals surface area contributed by atoms with E-state index in [0.717, 1.165) is 17.1 Å². The number of amides is 1. The summed E-state index contributed by atoms with van der Waals surface area (Å²) >= 11 is 0. The largest absolute Gasteiger partial charge is 0.331 e. The molecule has 0 N–H and O–H groups in total. The molecule has 0 bridgehead atoms. The summed E-state index contributed by atoms with van der Waals surface area (Å²) in [4.78, 5) is 31.4. The number of hydrogen-bond donors (Lipinski definition) is 0. The van der Waals surface area contributed by atoms with E-state index in [4.69, 9.17) is 0 Å². The van der Waals surface area contributed by atoms with Crippen LogP contribution in [0.5, 0.6) is 0 Å². The first-order chi connectivity index (χ1) is 13.5. The summed E-state index contributed by atoms with van der Waals surface area (Å²) in [5.41, 5.74) is 1.75. The van der Waals surface area contributed by atoms with E-state index in [2.05, 4.69) is 10.1 Å². The number of benzene rings is 1. The van der Waals surface area contributed by atoms with Crippen LogP contribution in [0.3, 0.4) is 0 Å². The van der Waals surface area contributed by atoms with Gasteiger partial charge in [-0.2, -0.15) is 5.10 Å². The minimum Gasteiger partial charge on any atom is -0.331 e. The van der Waals surface area contributed by atoms with Gasteiger partial charge >= 0.3 is 0 Å². The summed E-state index contributed by atoms with van der Waals surface area (Å²) in [6.07, 6.45) is 0.286. The summed E-state index contributed by atoms with van der Waals surface area (Å²) < 4.78 is 3.53. The first kappa shape index (κ1) is 18.2. The number of rotatable bonds is 4. The predicted molar refractivity (Wildman–Crippen MR) is 106 cm³/mol. The average molecular weight is 377 g/mol. The number of aromatic nitrogens is 4. The Morgan fingerprint density at radius 2 is 1.89 bits per heavy atom. The van der Waals surface area contributed by atoms with Crippen LogP contribution in [0.25, 0.3) is 11.4 Å². The SMILES string of the molecule is Cc1cccc(=O)n1CCC(=O)N1CCn2nc(-c3ccccc3)nc2[C@@H]1C. The Kier molecular flexibility index (Phi) is 4.81. The lowest BCUT2D eigenvalue weighted by Gasteiger charge is -2.33. The van der Waals surface area contributed by atoms with Crippen molar-refractivity contribution in [1.82, 2.24) is 24.2 Å². The van der Waals surface area contributed by atoms with Crippen LogP contribution in [-0.4, -0.2) is 36.7 Å². The molecular weight excluding hydrogens is 354 g/mol. The van der Waals surface area contributed by atoms with Gasteiger partial charge in [-0.25, -0.2) is 9.67 Å². The van der Waals surface area contributed by atoms with Gasteiger partial charge in [0.1, 0.15) is 5.82 Å². The number of carbonyl (C=O) groups is 1. The lowest BCUT2D eigenvalue weighted by atomic mass is 10.2. The summed E-state index contributed by atoms with van der Waals surface area (Å²) in [5.74, 6) is 1.51. The molecule has 0 unspecified atom stereocenters. The van der Waals surface area contributed by atoms with Crippen LogP contribution < -0.4 is 5.56 Å². The van der Waals surface area contributed by atoms with Crippen LogP contribution in [0.2, 0.25) is 0 Å². The van der Waals surface area contributed by atoms with Crippen LogP contribution in [-0.2, 0) is 17.9 Å². The number of nitrogens with zero attached hydrogens (tertiary/aromatic N) is 5. The quantitative estimate of drug-likeness (QED) is 0.700. The molecule has 144 valence electrons. The summed E-state index contributed by atoms with van der Waals surface area (Å²) in [5, 5.41) is 4.60. The van der Waals surface area contributed by atoms with Gasteiger partial charge in [0.2, 0.25) is 5.91 Å². The normalized spacial score (nSPS) is 16.1. The van der Waals surface area contributed by atoms with Gasteiger partial charge in [0.05, 0.1) is 12.6 Å². The van der Waals surface area contributed by atoms with Crippen LogP contribution in [0, 0.1) is 6.92 Å². The monoisotopic (exact) mass is 377 g/mol. The smallest absolute Gasteiger partial charge is 0.250 e. The maximum atomic E-state index is 12.8. The summed E-state index contributed by atoms with van der Waals surface area (Å²) in [6, 6.07) is 14.8. The lowest BCUT2D eigenvalue weighted by molar-refractivity contribution is -0.134. The lowest BCUT2D eigenvalue weighted by Crippen LogP contribution is -2.42. The van der Waals surface area contributed by atoms with E-state index >= 15 is 0 Å². The molecule has 0 fully saturated rings. The van der Waals surface area contributed by atoms with Gasteiger partial charge < -0.3 is 9.47 Å². The van der Waals surface area contributed by atoms with Gasteiger partial charge in [-0.1, -0.05) is 36.4 Å². The van der Waals surface area contributed by atoms with Gasteiger partial charge in [0.15, 0.2) is 5.82 Å². The Balaban J connectivity index is 1.49. The Labute approximate surface area is 163 Å². The van der Waals surface area contributed by atoms with Crippen molar-refractivity contribution >= 4 is 5.91 Å². The predicted octanol–water partition coefficient (Wildman–Crippen LogP) is 2.41. The summed E-state index contributed by atoms with van der Waals surface area (Å²) in [7, 11) is 0. The van der Waals surface area contributed by atoms with Crippen molar-refractivity contribution < 1.29 is 4.79 Å². The van der Waals surface area contributed by atoms with Crippen LogP contribution in [0.15, 0.2) is 53.3 Å². The molecule has 1 aliphatic heterocycles. The first-order valence-corrected chi connectivity index (χ1v) is 9.50. The fraction of sp³-hybridized carbons (Fsp3) is 0.333. The number of pyridine rings is 1. The highest BCUT2D eigenvalue weighted by atomic mass is 16.2. The van der Waals surface area contributed by atoms with Crippen molar-refractivity contribution in [3.8, 4) is 11.4 Å². The Hall–Kier alpha value is -3.22. The molecule has 4 rings (SSSR count). The molecule has 0 saturated carbocycles. The van der Waals surface area contributed by atoms with Crippen LogP contribution in [0.4, 0.5) is 0 Å². The van der Waals surface area contributed by atoms with Crippen molar-refractivity contribution in [3.05, 3.63) is 70.4 Å². The van der Waals surface area contributed by atoms with E-state index in [1.807, 2.05) is 59.8 Å². The molecule has 28 heavy (non-hydrogen) atoms. The standard InChI is InChI=1S/C21H23N5O2/c1-15-7-6-10-18(27)24(15)12-11-19(28)25-13-14-26-21(16(25)2)22-20(23-26)17-8-4-3-5-9-17/h3-10,16H,11-14H2,1-2H3/t16-/m0/s1. The van der Waals surface area contributed by atoms with Crippen molar-refractivity contribution in [1.29, 1.82) is 0 Å². The minimum absolute atomic E-state index is 0.0261. The van der Waals surface area contributed by atoms with Crippen molar-refractivity contribution in [2.75, 3.05) is 6.54 Å². The number of carbonyl (C=O) groups excluding carboxylic acids is 1. The van der Waals surface area contributed by atoms with Gasteiger partial charge in [0, 0.05) is 36.8 Å². The first-order valence-electron chi connectivity index (χ1n) is 9.50. The van der Waals surface area contributed by atoms with Gasteiger partial charge in [-0.15, -0.1) is 0 Å². The fourth-order valence-electron chi connectivity index (χ4n) is 3.67. The second-order valence-corrected chi connectivity index (χ2v) is 7.05. The molecular formula is C21H23N5O2. The van der Waals surface area contributed by atoms with Gasteiger partial charge in [0.25, 0.3) is 5.56 Å². The van der Waals surface area contributed by atoms with E-state index < -0.39 is 0 Å². The van der Waals surface area contributed by atoms with E-state index in [0.29, 0.717) is 25.5 Å². The van der Waals surface area contributed by atoms with E-state index in [9.17, 15) is 9.59 Å². The molecule has 7 heteroatoms. The highest BCUT2D eigenvalue weighted by Crippen LogP contribution is 2.26. The molecule has 0 radical (unpaired) electrons. The third kappa shape index (κ3) is 3.35. The van der Waals surface area contributed by atoms with Crippen molar-refractivity contribution in [2.45, 2.75) is 39.4 Å². The molecule has 2 aromatic heterocycles. The van der Waals surface area contributed by atoms with Gasteiger partial charge in [-0.3, -0.25) is 9.59 Å². The molecule has 1 aliphatic rings. The van der Waals surface area contributed by atoms with Crippen molar-refractivity contribution in [3.63, 3.8) is 0 Å². The second-order valence-electron chi connectivity index (χ2n) is 7.05. The van der Waals surface area contributed by atoms with Crippen LogP contribution >= 0.6 is 0 Å². The van der Waals surface area contributed by atoms with Gasteiger partial charge in [-0.05, 0) is 19.9 Å². The second kappa shape index (κ2) is 7.42. The van der Waals surface area contributed by atoms with E-state index in [1.54, 1.807) is 10.6 Å². The molecule has 1 atom stereocenters. The van der Waals surface area contributed by atoms with Crippen molar-refractivity contribution in [2.24, 2.45) is 0 Å². The zero-order chi connectivity index (χ0) is 19.7. The Morgan fingerprint density at radius 3 is 2.64 bits per heavy atom. The molecule has 3 aromatic rings.